The van der Waals surface area contributed by atoms with Crippen LogP contribution in [0.25, 0.3) is 10.8 Å². The van der Waals surface area contributed by atoms with Gasteiger partial charge in [0.15, 0.2) is 0 Å². The highest BCUT2D eigenvalue weighted by molar-refractivity contribution is 9.10. The van der Waals surface area contributed by atoms with Gasteiger partial charge < -0.3 is 10.0 Å². The van der Waals surface area contributed by atoms with Gasteiger partial charge in [-0.25, -0.2) is 0 Å². The standard InChI is InChI=1S/C16H16BrNO3/c1-2-18(8-7-15(19)20)16(21)14-10-12(17)9-11-5-3-4-6-13(11)14/h3-6,9-10H,2,7-8H2,1H3,(H,19,20). The topological polar surface area (TPSA) is 57.6 Å². The van der Waals surface area contributed by atoms with Crippen molar-refractivity contribution in [3.8, 4) is 0 Å². The molecular formula is C16H16BrNO3. The molecule has 5 heteroatoms. The van der Waals surface area contributed by atoms with E-state index < -0.39 is 5.97 Å². The molecule has 1 N–H and O–H groups in total. The number of carbonyl (C=O) groups is 2. The highest BCUT2D eigenvalue weighted by Gasteiger charge is 2.18. The smallest absolute Gasteiger partial charge is 0.305 e. The van der Waals surface area contributed by atoms with Gasteiger partial charge in [0.25, 0.3) is 5.91 Å². The van der Waals surface area contributed by atoms with Gasteiger partial charge in [0, 0.05) is 23.1 Å². The number of amides is 1. The maximum atomic E-state index is 12.7. The Hall–Kier alpha value is -1.88. The van der Waals surface area contributed by atoms with Gasteiger partial charge in [-0.05, 0) is 29.8 Å². The van der Waals surface area contributed by atoms with E-state index in [1.54, 1.807) is 11.0 Å². The molecular weight excluding hydrogens is 334 g/mol. The summed E-state index contributed by atoms with van der Waals surface area (Å²) in [4.78, 5) is 24.9. The van der Waals surface area contributed by atoms with Crippen molar-refractivity contribution in [1.82, 2.24) is 4.90 Å². The number of carbonyl (C=O) groups excluding carboxylic acids is 1. The molecule has 0 unspecified atom stereocenters. The Kier molecular flexibility index (Phi) is 4.96. The van der Waals surface area contributed by atoms with Crippen LogP contribution in [0.15, 0.2) is 40.9 Å². The number of carboxylic acid groups (broad SMARTS) is 1. The molecule has 0 atom stereocenters. The van der Waals surface area contributed by atoms with Crippen LogP contribution in [0.4, 0.5) is 0 Å². The zero-order chi connectivity index (χ0) is 15.4. The van der Waals surface area contributed by atoms with Crippen LogP contribution in [0, 0.1) is 0 Å². The fourth-order valence-electron chi connectivity index (χ4n) is 2.26. The second-order valence-corrected chi connectivity index (χ2v) is 5.62. The van der Waals surface area contributed by atoms with Crippen molar-refractivity contribution in [3.05, 3.63) is 46.4 Å². The van der Waals surface area contributed by atoms with Gasteiger partial charge in [0.05, 0.1) is 6.42 Å². The summed E-state index contributed by atoms with van der Waals surface area (Å²) in [6, 6.07) is 11.4. The third kappa shape index (κ3) is 3.61. The molecule has 2 aromatic carbocycles. The summed E-state index contributed by atoms with van der Waals surface area (Å²) >= 11 is 3.42. The first kappa shape index (κ1) is 15.5. The summed E-state index contributed by atoms with van der Waals surface area (Å²) in [6.07, 6.45) is -0.0501. The van der Waals surface area contributed by atoms with Gasteiger partial charge in [-0.3, -0.25) is 9.59 Å². The average Bonchev–Trinajstić information content (AvgIpc) is 2.46. The van der Waals surface area contributed by atoms with Crippen LogP contribution in [0.1, 0.15) is 23.7 Å². The van der Waals surface area contributed by atoms with Gasteiger partial charge in [-0.15, -0.1) is 0 Å². The number of nitrogens with zero attached hydrogens (tertiary/aromatic N) is 1. The molecule has 0 radical (unpaired) electrons. The van der Waals surface area contributed by atoms with Crippen molar-refractivity contribution in [1.29, 1.82) is 0 Å². The molecule has 0 aliphatic heterocycles. The molecule has 1 amide bonds. The van der Waals surface area contributed by atoms with Gasteiger partial charge in [0.1, 0.15) is 0 Å². The third-order valence-corrected chi connectivity index (χ3v) is 3.78. The van der Waals surface area contributed by atoms with Crippen molar-refractivity contribution in [2.75, 3.05) is 13.1 Å². The number of benzene rings is 2. The van der Waals surface area contributed by atoms with Crippen LogP contribution in [0.5, 0.6) is 0 Å². The molecule has 0 aliphatic carbocycles. The Balaban J connectivity index is 2.39. The third-order valence-electron chi connectivity index (χ3n) is 3.32. The van der Waals surface area contributed by atoms with E-state index in [-0.39, 0.29) is 18.9 Å². The first-order valence-electron chi connectivity index (χ1n) is 6.72. The lowest BCUT2D eigenvalue weighted by atomic mass is 10.0. The summed E-state index contributed by atoms with van der Waals surface area (Å²) in [5, 5.41) is 10.6. The van der Waals surface area contributed by atoms with Crippen molar-refractivity contribution in [3.63, 3.8) is 0 Å². The summed E-state index contributed by atoms with van der Waals surface area (Å²) < 4.78 is 0.832. The van der Waals surface area contributed by atoms with E-state index in [0.717, 1.165) is 15.2 Å². The minimum Gasteiger partial charge on any atom is -0.481 e. The Bertz CT molecular complexity index is 684. The molecule has 0 spiro atoms. The van der Waals surface area contributed by atoms with Gasteiger partial charge >= 0.3 is 5.97 Å². The summed E-state index contributed by atoms with van der Waals surface area (Å²) in [7, 11) is 0. The van der Waals surface area contributed by atoms with Crippen LogP contribution in [0.3, 0.4) is 0 Å². The van der Waals surface area contributed by atoms with E-state index in [4.69, 9.17) is 5.11 Å². The largest absolute Gasteiger partial charge is 0.481 e. The average molecular weight is 350 g/mol. The fourth-order valence-corrected chi connectivity index (χ4v) is 2.73. The molecule has 0 saturated heterocycles. The van der Waals surface area contributed by atoms with E-state index in [9.17, 15) is 9.59 Å². The number of rotatable bonds is 5. The zero-order valence-corrected chi connectivity index (χ0v) is 13.3. The number of fused-ring (bicyclic) bond motifs is 1. The SMILES string of the molecule is CCN(CCC(=O)O)C(=O)c1cc(Br)cc2ccccc12. The monoisotopic (exact) mass is 349 g/mol. The second kappa shape index (κ2) is 6.72. The van der Waals surface area contributed by atoms with E-state index in [0.29, 0.717) is 12.1 Å². The van der Waals surface area contributed by atoms with Crippen molar-refractivity contribution < 1.29 is 14.7 Å². The van der Waals surface area contributed by atoms with Crippen LogP contribution in [0.2, 0.25) is 0 Å². The highest BCUT2D eigenvalue weighted by Crippen LogP contribution is 2.25. The Morgan fingerprint density at radius 2 is 1.95 bits per heavy atom. The number of aliphatic carboxylic acids is 1. The summed E-state index contributed by atoms with van der Waals surface area (Å²) in [5.41, 5.74) is 0.590. The normalized spacial score (nSPS) is 10.6. The molecule has 0 bridgehead atoms. The first-order chi connectivity index (χ1) is 10.0. The molecule has 2 rings (SSSR count). The molecule has 0 fully saturated rings. The number of hydrogen-bond acceptors (Lipinski definition) is 2. The van der Waals surface area contributed by atoms with Crippen molar-refractivity contribution in [2.24, 2.45) is 0 Å². The van der Waals surface area contributed by atoms with E-state index in [2.05, 4.69) is 15.9 Å². The molecule has 0 aromatic heterocycles. The quantitative estimate of drug-likeness (QED) is 0.897. The molecule has 0 aliphatic rings. The molecule has 4 nitrogen and oxygen atoms in total. The lowest BCUT2D eigenvalue weighted by molar-refractivity contribution is -0.137. The van der Waals surface area contributed by atoms with E-state index in [1.807, 2.05) is 37.3 Å². The number of halogens is 1. The van der Waals surface area contributed by atoms with Crippen molar-refractivity contribution >= 4 is 38.6 Å². The lowest BCUT2D eigenvalue weighted by Crippen LogP contribution is -2.33. The predicted molar refractivity (Wildman–Crippen MR) is 85.5 cm³/mol. The summed E-state index contributed by atoms with van der Waals surface area (Å²) in [5.74, 6) is -1.04. The van der Waals surface area contributed by atoms with E-state index >= 15 is 0 Å². The van der Waals surface area contributed by atoms with Gasteiger partial charge in [-0.2, -0.15) is 0 Å². The van der Waals surface area contributed by atoms with Gasteiger partial charge in [-0.1, -0.05) is 40.2 Å². The molecule has 21 heavy (non-hydrogen) atoms. The fraction of sp³-hybridized carbons (Fsp3) is 0.250. The predicted octanol–water partition coefficient (Wildman–Crippen LogP) is 3.54. The summed E-state index contributed by atoms with van der Waals surface area (Å²) in [6.45, 7) is 2.54. The van der Waals surface area contributed by atoms with Crippen LogP contribution in [-0.2, 0) is 4.79 Å². The minimum atomic E-state index is -0.902. The van der Waals surface area contributed by atoms with E-state index in [1.165, 1.54) is 0 Å². The second-order valence-electron chi connectivity index (χ2n) is 4.70. The maximum absolute atomic E-state index is 12.7. The van der Waals surface area contributed by atoms with Crippen molar-refractivity contribution in [2.45, 2.75) is 13.3 Å². The molecule has 0 saturated carbocycles. The lowest BCUT2D eigenvalue weighted by Gasteiger charge is -2.21. The Morgan fingerprint density at radius 3 is 2.62 bits per heavy atom. The molecule has 2 aromatic rings. The Labute approximate surface area is 131 Å². The van der Waals surface area contributed by atoms with Crippen LogP contribution >= 0.6 is 15.9 Å². The molecule has 0 heterocycles. The minimum absolute atomic E-state index is 0.0501. The maximum Gasteiger partial charge on any atom is 0.305 e. The van der Waals surface area contributed by atoms with Crippen LogP contribution in [-0.4, -0.2) is 35.0 Å². The zero-order valence-electron chi connectivity index (χ0n) is 11.7. The number of hydrogen-bond donors (Lipinski definition) is 1. The van der Waals surface area contributed by atoms with Gasteiger partial charge in [0.2, 0.25) is 0 Å². The first-order valence-corrected chi connectivity index (χ1v) is 7.51. The van der Waals surface area contributed by atoms with Crippen LogP contribution < -0.4 is 0 Å². The Morgan fingerprint density at radius 1 is 1.24 bits per heavy atom. The molecule has 110 valence electrons. The number of carboxylic acids is 1. The highest BCUT2D eigenvalue weighted by atomic mass is 79.9.